The molecule has 3 atom stereocenters. The van der Waals surface area contributed by atoms with Crippen LogP contribution in [0.1, 0.15) is 65.6 Å². The van der Waals surface area contributed by atoms with Crippen molar-refractivity contribution in [2.75, 3.05) is 5.32 Å². The van der Waals surface area contributed by atoms with Crippen molar-refractivity contribution < 1.29 is 19.2 Å². The Morgan fingerprint density at radius 3 is 2.36 bits per heavy atom. The average Bonchev–Trinajstić information content (AvgIpc) is 3.52. The maximum atomic E-state index is 14.1. The van der Waals surface area contributed by atoms with Gasteiger partial charge in [-0.15, -0.1) is 0 Å². The van der Waals surface area contributed by atoms with Gasteiger partial charge in [0.05, 0.1) is 0 Å². The highest BCUT2D eigenvalue weighted by Crippen LogP contribution is 2.55. The number of nitrogens with zero attached hydrogens (tertiary/aromatic N) is 1. The number of aryl methyl sites for hydroxylation is 1. The SMILES string of the molecule is Cc1cc(NC(=O)[C@H](C[C@@H]2CC3(N)CC2C3)NC(=O)[C@@H]2Cc3ccccc3CN2C(=O)CCC(=O)c2ccccc2)ccc1Cl. The summed E-state index contributed by atoms with van der Waals surface area (Å²) in [6.45, 7) is 2.12. The molecule has 3 saturated carbocycles. The van der Waals surface area contributed by atoms with E-state index in [-0.39, 0.29) is 54.3 Å². The first-order valence-electron chi connectivity index (χ1n) is 15.7. The largest absolute Gasteiger partial charge is 0.342 e. The summed E-state index contributed by atoms with van der Waals surface area (Å²) in [5, 5.41) is 6.61. The highest BCUT2D eigenvalue weighted by Gasteiger charge is 2.54. The van der Waals surface area contributed by atoms with Crippen LogP contribution in [0.15, 0.2) is 72.8 Å². The third-order valence-corrected chi connectivity index (χ3v) is 10.2. The summed E-state index contributed by atoms with van der Waals surface area (Å²) in [6.07, 6.45) is 3.54. The van der Waals surface area contributed by atoms with Gasteiger partial charge < -0.3 is 21.3 Å². The van der Waals surface area contributed by atoms with Crippen molar-refractivity contribution in [3.05, 3.63) is 100 Å². The van der Waals surface area contributed by atoms with E-state index in [1.54, 1.807) is 47.4 Å². The molecule has 3 aliphatic carbocycles. The molecule has 7 rings (SSSR count). The molecule has 0 spiro atoms. The second-order valence-electron chi connectivity index (χ2n) is 13.0. The van der Waals surface area contributed by atoms with Crippen molar-refractivity contribution in [2.24, 2.45) is 17.6 Å². The van der Waals surface area contributed by atoms with Gasteiger partial charge in [0.15, 0.2) is 5.78 Å². The van der Waals surface area contributed by atoms with E-state index in [1.807, 2.05) is 37.3 Å². The number of fused-ring (bicyclic) bond motifs is 2. The Morgan fingerprint density at radius 2 is 1.67 bits per heavy atom. The first-order chi connectivity index (χ1) is 21.6. The highest BCUT2D eigenvalue weighted by molar-refractivity contribution is 6.31. The van der Waals surface area contributed by atoms with E-state index >= 15 is 0 Å². The molecule has 0 aromatic heterocycles. The van der Waals surface area contributed by atoms with Crippen molar-refractivity contribution in [3.63, 3.8) is 0 Å². The molecule has 1 aliphatic heterocycles. The Hall–Kier alpha value is -4.01. The molecule has 45 heavy (non-hydrogen) atoms. The fourth-order valence-electron chi connectivity index (χ4n) is 7.35. The molecule has 3 amide bonds. The van der Waals surface area contributed by atoms with E-state index in [0.717, 1.165) is 36.0 Å². The Morgan fingerprint density at radius 1 is 0.956 bits per heavy atom. The molecule has 0 unspecified atom stereocenters. The van der Waals surface area contributed by atoms with Crippen LogP contribution in [0.3, 0.4) is 0 Å². The number of rotatable bonds is 10. The second-order valence-corrected chi connectivity index (χ2v) is 13.5. The maximum absolute atomic E-state index is 14.1. The summed E-state index contributed by atoms with van der Waals surface area (Å²) < 4.78 is 0. The van der Waals surface area contributed by atoms with Gasteiger partial charge in [-0.05, 0) is 79.3 Å². The summed E-state index contributed by atoms with van der Waals surface area (Å²) in [5.74, 6) is -0.415. The predicted octanol–water partition coefficient (Wildman–Crippen LogP) is 5.21. The quantitative estimate of drug-likeness (QED) is 0.267. The summed E-state index contributed by atoms with van der Waals surface area (Å²) in [7, 11) is 0. The first-order valence-corrected chi connectivity index (χ1v) is 16.1. The Kier molecular flexibility index (Phi) is 8.80. The van der Waals surface area contributed by atoms with Crippen molar-refractivity contribution in [1.82, 2.24) is 10.2 Å². The number of halogens is 1. The molecular formula is C36H39ClN4O4. The lowest BCUT2D eigenvalue weighted by Gasteiger charge is -2.37. The zero-order chi connectivity index (χ0) is 31.7. The second kappa shape index (κ2) is 12.8. The summed E-state index contributed by atoms with van der Waals surface area (Å²) in [6, 6.07) is 20.3. The monoisotopic (exact) mass is 626 g/mol. The number of ketones is 1. The Labute approximate surface area is 268 Å². The topological polar surface area (TPSA) is 122 Å². The number of hydrogen-bond acceptors (Lipinski definition) is 5. The Bertz CT molecular complexity index is 1620. The molecule has 0 radical (unpaired) electrons. The number of carbonyl (C=O) groups is 4. The molecule has 2 bridgehead atoms. The molecule has 9 heteroatoms. The van der Waals surface area contributed by atoms with Crippen LogP contribution in [-0.4, -0.2) is 46.0 Å². The average molecular weight is 627 g/mol. The molecule has 1 heterocycles. The number of amides is 3. The number of carbonyl (C=O) groups excluding carboxylic acids is 4. The smallest absolute Gasteiger partial charge is 0.246 e. The number of hydrogen-bond donors (Lipinski definition) is 3. The van der Waals surface area contributed by atoms with Crippen LogP contribution >= 0.6 is 11.6 Å². The van der Waals surface area contributed by atoms with Crippen LogP contribution in [0.2, 0.25) is 5.02 Å². The molecule has 3 fully saturated rings. The lowest BCUT2D eigenvalue weighted by atomic mass is 9.76. The van der Waals surface area contributed by atoms with Gasteiger partial charge in [-0.3, -0.25) is 19.2 Å². The third kappa shape index (κ3) is 6.82. The van der Waals surface area contributed by atoms with E-state index < -0.39 is 12.1 Å². The molecule has 234 valence electrons. The number of anilines is 1. The van der Waals surface area contributed by atoms with Gasteiger partial charge in [0.2, 0.25) is 17.7 Å². The van der Waals surface area contributed by atoms with Gasteiger partial charge in [-0.1, -0.05) is 66.2 Å². The van der Waals surface area contributed by atoms with E-state index in [9.17, 15) is 19.2 Å². The van der Waals surface area contributed by atoms with Gasteiger partial charge in [-0.25, -0.2) is 0 Å². The number of nitrogens with two attached hydrogens (primary N) is 1. The molecule has 4 aliphatic rings. The minimum absolute atomic E-state index is 0.0121. The molecular weight excluding hydrogens is 588 g/mol. The van der Waals surface area contributed by atoms with Crippen LogP contribution in [0.4, 0.5) is 5.69 Å². The lowest BCUT2D eigenvalue weighted by Crippen LogP contribution is -2.56. The fourth-order valence-corrected chi connectivity index (χ4v) is 7.47. The van der Waals surface area contributed by atoms with Gasteiger partial charge in [0.25, 0.3) is 0 Å². The van der Waals surface area contributed by atoms with E-state index in [2.05, 4.69) is 10.6 Å². The summed E-state index contributed by atoms with van der Waals surface area (Å²) in [4.78, 5) is 55.8. The molecule has 0 saturated heterocycles. The third-order valence-electron chi connectivity index (χ3n) is 9.80. The van der Waals surface area contributed by atoms with Crippen molar-refractivity contribution in [3.8, 4) is 0 Å². The zero-order valence-corrected chi connectivity index (χ0v) is 26.2. The number of nitrogens with one attached hydrogen (secondary N) is 2. The van der Waals surface area contributed by atoms with Crippen LogP contribution in [0.25, 0.3) is 0 Å². The lowest BCUT2D eigenvalue weighted by molar-refractivity contribution is -0.142. The maximum Gasteiger partial charge on any atom is 0.246 e. The van der Waals surface area contributed by atoms with Gasteiger partial charge >= 0.3 is 0 Å². The van der Waals surface area contributed by atoms with Crippen LogP contribution in [-0.2, 0) is 27.3 Å². The van der Waals surface area contributed by atoms with Crippen LogP contribution < -0.4 is 16.4 Å². The van der Waals surface area contributed by atoms with Gasteiger partial charge in [0, 0.05) is 47.6 Å². The fraction of sp³-hybridized carbons (Fsp3) is 0.389. The molecule has 3 aromatic rings. The predicted molar refractivity (Wildman–Crippen MR) is 174 cm³/mol. The highest BCUT2D eigenvalue weighted by atomic mass is 35.5. The van der Waals surface area contributed by atoms with Gasteiger partial charge in [-0.2, -0.15) is 0 Å². The normalized spacial score (nSPS) is 23.8. The van der Waals surface area contributed by atoms with E-state index in [0.29, 0.717) is 35.0 Å². The standard InChI is InChI=1S/C36H39ClN4O4/c1-22-15-28(11-12-29(22)37)39-34(44)30(16-26-18-36(38)19-27(26)20-36)40-35(45)31-17-24-9-5-6-10-25(24)21-41(31)33(43)14-13-32(42)23-7-3-2-4-8-23/h2-12,15,26-27,30-31H,13-14,16-21,38H2,1H3,(H,39,44)(H,40,45)/t26-,27?,30+,31+,36?/m1/s1. The van der Waals surface area contributed by atoms with Gasteiger partial charge in [0.1, 0.15) is 12.1 Å². The zero-order valence-electron chi connectivity index (χ0n) is 25.4. The summed E-state index contributed by atoms with van der Waals surface area (Å²) in [5.41, 5.74) is 10.2. The molecule has 4 N–H and O–H groups in total. The molecule has 8 nitrogen and oxygen atoms in total. The Balaban J connectivity index is 1.20. The summed E-state index contributed by atoms with van der Waals surface area (Å²) >= 11 is 6.20. The van der Waals surface area contributed by atoms with Crippen LogP contribution in [0.5, 0.6) is 0 Å². The minimum Gasteiger partial charge on any atom is -0.342 e. The van der Waals surface area contributed by atoms with Crippen molar-refractivity contribution in [2.45, 2.75) is 76.0 Å². The van der Waals surface area contributed by atoms with Crippen molar-refractivity contribution >= 4 is 40.8 Å². The van der Waals surface area contributed by atoms with Crippen molar-refractivity contribution in [1.29, 1.82) is 0 Å². The van der Waals surface area contributed by atoms with E-state index in [1.165, 1.54) is 0 Å². The van der Waals surface area contributed by atoms with E-state index in [4.69, 9.17) is 17.3 Å². The first kappa shape index (κ1) is 31.0. The minimum atomic E-state index is -0.814. The molecule has 3 aromatic carbocycles. The number of benzene rings is 3. The van der Waals surface area contributed by atoms with Crippen LogP contribution in [0, 0.1) is 18.8 Å². The number of Topliss-reactive ketones (excluding diaryl/α,β-unsaturated/α-hetero) is 1.